The van der Waals surface area contributed by atoms with Gasteiger partial charge >= 0.3 is 5.97 Å². The van der Waals surface area contributed by atoms with Gasteiger partial charge in [-0.15, -0.1) is 0 Å². The minimum Gasteiger partial charge on any atom is -0.458 e. The lowest BCUT2D eigenvalue weighted by Crippen LogP contribution is -2.38. The van der Waals surface area contributed by atoms with Crippen LogP contribution in [-0.4, -0.2) is 41.9 Å². The number of hydrogen-bond acceptors (Lipinski definition) is 4. The fraction of sp³-hybridized carbons (Fsp3) is 0.667. The van der Waals surface area contributed by atoms with Crippen LogP contribution < -0.4 is 0 Å². The van der Waals surface area contributed by atoms with E-state index in [-0.39, 0.29) is 6.61 Å². The zero-order chi connectivity index (χ0) is 10.3. The maximum Gasteiger partial charge on any atom is 0.330 e. The smallest absolute Gasteiger partial charge is 0.330 e. The van der Waals surface area contributed by atoms with Crippen LogP contribution in [0.5, 0.6) is 0 Å². The number of ether oxygens (including phenoxy) is 1. The molecular weight excluding hydrogens is 170 g/mol. The van der Waals surface area contributed by atoms with E-state index in [0.29, 0.717) is 0 Å². The molecule has 1 atom stereocenters. The summed E-state index contributed by atoms with van der Waals surface area (Å²) in [6, 6.07) is 0. The largest absolute Gasteiger partial charge is 0.458 e. The molecule has 0 aliphatic rings. The van der Waals surface area contributed by atoms with E-state index in [9.17, 15) is 9.90 Å². The summed E-state index contributed by atoms with van der Waals surface area (Å²) in [5.41, 5.74) is 0. The summed E-state index contributed by atoms with van der Waals surface area (Å²) in [4.78, 5) is 12.4. The van der Waals surface area contributed by atoms with Crippen LogP contribution in [0.2, 0.25) is 0 Å². The van der Waals surface area contributed by atoms with Gasteiger partial charge in [0.25, 0.3) is 0 Å². The van der Waals surface area contributed by atoms with E-state index in [2.05, 4.69) is 11.3 Å². The number of esters is 1. The minimum atomic E-state index is -0.723. The van der Waals surface area contributed by atoms with Crippen molar-refractivity contribution in [3.63, 3.8) is 0 Å². The van der Waals surface area contributed by atoms with Gasteiger partial charge in [-0.1, -0.05) is 20.4 Å². The molecule has 0 spiro atoms. The molecule has 0 saturated heterocycles. The Balaban J connectivity index is 3.77. The molecule has 1 N–H and O–H groups in total. The molecule has 76 valence electrons. The van der Waals surface area contributed by atoms with Crippen molar-refractivity contribution in [3.8, 4) is 0 Å². The highest BCUT2D eigenvalue weighted by atomic mass is 16.5. The molecule has 0 aromatic heterocycles. The molecular formula is C9H17NO3. The first-order valence-electron chi connectivity index (χ1n) is 4.37. The van der Waals surface area contributed by atoms with Crippen molar-refractivity contribution in [2.45, 2.75) is 20.1 Å². The van der Waals surface area contributed by atoms with Crippen molar-refractivity contribution in [1.82, 2.24) is 4.90 Å². The summed E-state index contributed by atoms with van der Waals surface area (Å²) in [5.74, 6) is -0.508. The second-order valence-corrected chi connectivity index (χ2v) is 2.54. The number of carbonyl (C=O) groups is 1. The molecule has 0 heterocycles. The van der Waals surface area contributed by atoms with Gasteiger partial charge in [-0.05, 0) is 13.1 Å². The number of rotatable bonds is 6. The Hall–Kier alpha value is -0.870. The number of likely N-dealkylation sites (N-methyl/N-ethyl adjacent to an activating group) is 1. The molecule has 0 saturated carbocycles. The van der Waals surface area contributed by atoms with Crippen LogP contribution in [0.15, 0.2) is 12.7 Å². The molecule has 0 aromatic carbocycles. The van der Waals surface area contributed by atoms with E-state index in [4.69, 9.17) is 0 Å². The second kappa shape index (κ2) is 6.62. The maximum atomic E-state index is 10.6. The minimum absolute atomic E-state index is 0.00741. The molecule has 1 unspecified atom stereocenters. The van der Waals surface area contributed by atoms with Gasteiger partial charge < -0.3 is 9.84 Å². The summed E-state index contributed by atoms with van der Waals surface area (Å²) in [5, 5.41) is 9.47. The lowest BCUT2D eigenvalue weighted by atomic mass is 10.4. The van der Waals surface area contributed by atoms with E-state index < -0.39 is 12.2 Å². The molecule has 4 nitrogen and oxygen atoms in total. The quantitative estimate of drug-likeness (QED) is 0.371. The van der Waals surface area contributed by atoms with Crippen molar-refractivity contribution in [1.29, 1.82) is 0 Å². The lowest BCUT2D eigenvalue weighted by Gasteiger charge is -2.24. The van der Waals surface area contributed by atoms with Crippen LogP contribution in [0.25, 0.3) is 0 Å². The van der Waals surface area contributed by atoms with Crippen molar-refractivity contribution < 1.29 is 14.6 Å². The average Bonchev–Trinajstić information content (AvgIpc) is 2.16. The number of nitrogens with zero attached hydrogens (tertiary/aromatic N) is 1. The first kappa shape index (κ1) is 12.1. The first-order valence-corrected chi connectivity index (χ1v) is 4.37. The van der Waals surface area contributed by atoms with Crippen LogP contribution in [0, 0.1) is 0 Å². The predicted octanol–water partition coefficient (Wildman–Crippen LogP) is 0.376. The summed E-state index contributed by atoms with van der Waals surface area (Å²) in [6.45, 7) is 8.56. The van der Waals surface area contributed by atoms with E-state index >= 15 is 0 Å². The Morgan fingerprint density at radius 3 is 2.54 bits per heavy atom. The van der Waals surface area contributed by atoms with Gasteiger partial charge in [-0.3, -0.25) is 4.90 Å². The molecule has 0 radical (unpaired) electrons. The van der Waals surface area contributed by atoms with Crippen molar-refractivity contribution in [3.05, 3.63) is 12.7 Å². The Bertz CT molecular complexity index is 166. The Morgan fingerprint density at radius 2 is 2.15 bits per heavy atom. The van der Waals surface area contributed by atoms with E-state index in [1.54, 1.807) is 4.90 Å². The third-order valence-corrected chi connectivity index (χ3v) is 1.78. The van der Waals surface area contributed by atoms with Gasteiger partial charge in [0.1, 0.15) is 12.8 Å². The zero-order valence-electron chi connectivity index (χ0n) is 8.19. The van der Waals surface area contributed by atoms with Crippen molar-refractivity contribution in [2.24, 2.45) is 0 Å². The topological polar surface area (TPSA) is 49.8 Å². The first-order chi connectivity index (χ1) is 6.15. The monoisotopic (exact) mass is 187 g/mol. The van der Waals surface area contributed by atoms with Crippen molar-refractivity contribution in [2.75, 3.05) is 19.7 Å². The molecule has 0 aliphatic carbocycles. The molecule has 0 aliphatic heterocycles. The maximum absolute atomic E-state index is 10.6. The van der Waals surface area contributed by atoms with Crippen molar-refractivity contribution >= 4 is 5.97 Å². The van der Waals surface area contributed by atoms with Crippen LogP contribution >= 0.6 is 0 Å². The highest BCUT2D eigenvalue weighted by Crippen LogP contribution is 1.96. The Kier molecular flexibility index (Phi) is 6.18. The van der Waals surface area contributed by atoms with Gasteiger partial charge in [0.05, 0.1) is 0 Å². The van der Waals surface area contributed by atoms with E-state index in [1.807, 2.05) is 13.8 Å². The lowest BCUT2D eigenvalue weighted by molar-refractivity contribution is -0.145. The summed E-state index contributed by atoms with van der Waals surface area (Å²) >= 11 is 0. The second-order valence-electron chi connectivity index (χ2n) is 2.54. The molecule has 13 heavy (non-hydrogen) atoms. The number of aliphatic hydroxyl groups is 1. The third kappa shape index (κ3) is 4.65. The fourth-order valence-corrected chi connectivity index (χ4v) is 0.966. The number of hydrogen-bond donors (Lipinski definition) is 1. The molecule has 0 amide bonds. The van der Waals surface area contributed by atoms with Gasteiger partial charge in [-0.25, -0.2) is 4.79 Å². The van der Waals surface area contributed by atoms with Gasteiger partial charge in [0, 0.05) is 6.08 Å². The van der Waals surface area contributed by atoms with E-state index in [1.165, 1.54) is 0 Å². The molecule has 0 fully saturated rings. The van der Waals surface area contributed by atoms with Gasteiger partial charge in [0.15, 0.2) is 0 Å². The number of carbonyl (C=O) groups excluding carboxylic acids is 1. The summed E-state index contributed by atoms with van der Waals surface area (Å²) < 4.78 is 4.69. The summed E-state index contributed by atoms with van der Waals surface area (Å²) in [6.07, 6.45) is 0.355. The van der Waals surface area contributed by atoms with Gasteiger partial charge in [0.2, 0.25) is 0 Å². The normalized spacial score (nSPS) is 12.6. The van der Waals surface area contributed by atoms with Crippen LogP contribution in [-0.2, 0) is 9.53 Å². The zero-order valence-corrected chi connectivity index (χ0v) is 8.19. The highest BCUT2D eigenvalue weighted by Gasteiger charge is 2.12. The SMILES string of the molecule is C=CC(=O)OCC(O)N(CC)CC. The predicted molar refractivity (Wildman–Crippen MR) is 50.1 cm³/mol. The standard InChI is InChI=1S/C9H17NO3/c1-4-9(12)13-7-8(11)10(5-2)6-3/h4,8,11H,1,5-7H2,2-3H3. The molecule has 0 aromatic rings. The third-order valence-electron chi connectivity index (χ3n) is 1.78. The number of aliphatic hydroxyl groups excluding tert-OH is 1. The average molecular weight is 187 g/mol. The Morgan fingerprint density at radius 1 is 1.62 bits per heavy atom. The van der Waals surface area contributed by atoms with Crippen LogP contribution in [0.4, 0.5) is 0 Å². The summed E-state index contributed by atoms with van der Waals surface area (Å²) in [7, 11) is 0. The van der Waals surface area contributed by atoms with Gasteiger partial charge in [-0.2, -0.15) is 0 Å². The molecule has 4 heteroatoms. The van der Waals surface area contributed by atoms with Crippen LogP contribution in [0.3, 0.4) is 0 Å². The Labute approximate surface area is 78.8 Å². The van der Waals surface area contributed by atoms with E-state index in [0.717, 1.165) is 19.2 Å². The molecule has 0 rings (SSSR count). The van der Waals surface area contributed by atoms with Crippen LogP contribution in [0.1, 0.15) is 13.8 Å². The fourth-order valence-electron chi connectivity index (χ4n) is 0.966. The molecule has 0 bridgehead atoms. The highest BCUT2D eigenvalue weighted by molar-refractivity contribution is 5.81.